The molecule has 2 rings (SSSR count). The molecule has 4 heteroatoms. The van der Waals surface area contributed by atoms with Crippen molar-refractivity contribution in [1.82, 2.24) is 4.90 Å². The smallest absolute Gasteiger partial charge is 0.239 e. The maximum atomic E-state index is 12.2. The Balaban J connectivity index is 1.98. The maximum Gasteiger partial charge on any atom is 0.239 e. The molecule has 0 aliphatic heterocycles. The van der Waals surface area contributed by atoms with Crippen LogP contribution in [0.3, 0.4) is 0 Å². The van der Waals surface area contributed by atoms with E-state index in [1.165, 1.54) is 16.3 Å². The fourth-order valence-corrected chi connectivity index (χ4v) is 3.05. The van der Waals surface area contributed by atoms with E-state index in [9.17, 15) is 4.79 Å². The molecule has 1 amide bonds. The van der Waals surface area contributed by atoms with Gasteiger partial charge in [0.2, 0.25) is 5.91 Å². The van der Waals surface area contributed by atoms with Crippen LogP contribution in [0.1, 0.15) is 12.0 Å². The highest BCUT2D eigenvalue weighted by molar-refractivity contribution is 7.98. The molecule has 22 heavy (non-hydrogen) atoms. The van der Waals surface area contributed by atoms with E-state index in [0.717, 1.165) is 18.6 Å². The first kappa shape index (κ1) is 16.8. The van der Waals surface area contributed by atoms with Crippen LogP contribution in [0.4, 0.5) is 0 Å². The molecule has 0 aromatic heterocycles. The average Bonchev–Trinajstić information content (AvgIpc) is 2.56. The Morgan fingerprint density at radius 3 is 2.73 bits per heavy atom. The summed E-state index contributed by atoms with van der Waals surface area (Å²) in [7, 11) is 1.84. The first-order valence-electron chi connectivity index (χ1n) is 7.59. The van der Waals surface area contributed by atoms with Crippen LogP contribution in [0.5, 0.6) is 0 Å². The molecule has 0 spiro atoms. The molecule has 0 radical (unpaired) electrons. The van der Waals surface area contributed by atoms with Crippen molar-refractivity contribution < 1.29 is 4.79 Å². The van der Waals surface area contributed by atoms with Gasteiger partial charge in [-0.1, -0.05) is 42.5 Å². The first-order chi connectivity index (χ1) is 10.6. The van der Waals surface area contributed by atoms with E-state index >= 15 is 0 Å². The van der Waals surface area contributed by atoms with Crippen molar-refractivity contribution in [1.29, 1.82) is 0 Å². The lowest BCUT2D eigenvalue weighted by molar-refractivity contribution is -0.131. The molecule has 0 saturated heterocycles. The minimum atomic E-state index is -0.384. The quantitative estimate of drug-likeness (QED) is 0.854. The number of hydrogen-bond acceptors (Lipinski definition) is 3. The number of benzene rings is 2. The van der Waals surface area contributed by atoms with Gasteiger partial charge >= 0.3 is 0 Å². The highest BCUT2D eigenvalue weighted by Gasteiger charge is 2.17. The summed E-state index contributed by atoms with van der Waals surface area (Å²) in [6.07, 6.45) is 3.61. The van der Waals surface area contributed by atoms with Gasteiger partial charge in [-0.3, -0.25) is 4.79 Å². The third kappa shape index (κ3) is 4.24. The first-order valence-corrected chi connectivity index (χ1v) is 8.99. The van der Waals surface area contributed by atoms with Crippen LogP contribution < -0.4 is 5.73 Å². The summed E-state index contributed by atoms with van der Waals surface area (Å²) < 4.78 is 0. The van der Waals surface area contributed by atoms with E-state index < -0.39 is 0 Å². The summed E-state index contributed by atoms with van der Waals surface area (Å²) in [5.41, 5.74) is 7.23. The van der Waals surface area contributed by atoms with Crippen LogP contribution in [0, 0.1) is 0 Å². The van der Waals surface area contributed by atoms with E-state index in [1.807, 2.05) is 19.4 Å². The molecule has 0 aliphatic rings. The van der Waals surface area contributed by atoms with Crippen molar-refractivity contribution in [2.45, 2.75) is 18.9 Å². The molecule has 0 bridgehead atoms. The van der Waals surface area contributed by atoms with E-state index in [0.29, 0.717) is 6.54 Å². The predicted octanol–water partition coefficient (Wildman–Crippen LogP) is 2.92. The molecular formula is C18H24N2OS. The average molecular weight is 316 g/mol. The number of carbonyl (C=O) groups is 1. The van der Waals surface area contributed by atoms with Gasteiger partial charge in [-0.25, -0.2) is 0 Å². The second-order valence-corrected chi connectivity index (χ2v) is 6.52. The van der Waals surface area contributed by atoms with Gasteiger partial charge in [0.15, 0.2) is 0 Å². The van der Waals surface area contributed by atoms with Gasteiger partial charge in [-0.05, 0) is 41.2 Å². The van der Waals surface area contributed by atoms with Crippen molar-refractivity contribution in [3.05, 3.63) is 48.0 Å². The molecule has 0 fully saturated rings. The van der Waals surface area contributed by atoms with Gasteiger partial charge in [0, 0.05) is 13.6 Å². The van der Waals surface area contributed by atoms with E-state index in [4.69, 9.17) is 5.73 Å². The number of likely N-dealkylation sites (N-methyl/N-ethyl adjacent to an activating group) is 1. The van der Waals surface area contributed by atoms with Crippen LogP contribution in [-0.4, -0.2) is 42.4 Å². The normalized spacial score (nSPS) is 12.3. The van der Waals surface area contributed by atoms with Crippen LogP contribution in [0.25, 0.3) is 10.8 Å². The van der Waals surface area contributed by atoms with Gasteiger partial charge < -0.3 is 10.6 Å². The number of hydrogen-bond donors (Lipinski definition) is 1. The summed E-state index contributed by atoms with van der Waals surface area (Å²) in [6.45, 7) is 0.694. The summed E-state index contributed by atoms with van der Waals surface area (Å²) >= 11 is 1.72. The van der Waals surface area contributed by atoms with Gasteiger partial charge in [0.1, 0.15) is 0 Å². The highest BCUT2D eigenvalue weighted by Crippen LogP contribution is 2.19. The van der Waals surface area contributed by atoms with Crippen molar-refractivity contribution in [2.24, 2.45) is 5.73 Å². The second kappa shape index (κ2) is 8.20. The van der Waals surface area contributed by atoms with Gasteiger partial charge in [0.05, 0.1) is 6.04 Å². The Morgan fingerprint density at radius 2 is 1.95 bits per heavy atom. The fourth-order valence-electron chi connectivity index (χ4n) is 2.56. The summed E-state index contributed by atoms with van der Waals surface area (Å²) in [5, 5.41) is 2.50. The number of fused-ring (bicyclic) bond motifs is 1. The number of thioether (sulfide) groups is 1. The largest absolute Gasteiger partial charge is 0.344 e. The number of rotatable bonds is 7. The molecule has 3 nitrogen and oxygen atoms in total. The summed E-state index contributed by atoms with van der Waals surface area (Å²) in [4.78, 5) is 14.0. The molecular weight excluding hydrogens is 292 g/mol. The number of amides is 1. The fraction of sp³-hybridized carbons (Fsp3) is 0.389. The Hall–Kier alpha value is -1.52. The topological polar surface area (TPSA) is 46.3 Å². The summed E-state index contributed by atoms with van der Waals surface area (Å²) in [5.74, 6) is 0.957. The lowest BCUT2D eigenvalue weighted by Crippen LogP contribution is -2.42. The monoisotopic (exact) mass is 316 g/mol. The van der Waals surface area contributed by atoms with Gasteiger partial charge in [0.25, 0.3) is 0 Å². The zero-order chi connectivity index (χ0) is 15.9. The van der Waals surface area contributed by atoms with Crippen molar-refractivity contribution in [3.8, 4) is 0 Å². The Bertz CT molecular complexity index is 624. The molecule has 0 heterocycles. The number of nitrogens with two attached hydrogens (primary N) is 1. The van der Waals surface area contributed by atoms with Crippen molar-refractivity contribution >= 4 is 28.4 Å². The zero-order valence-electron chi connectivity index (χ0n) is 13.3. The van der Waals surface area contributed by atoms with Crippen LogP contribution in [-0.2, 0) is 11.2 Å². The molecule has 2 aromatic rings. The van der Waals surface area contributed by atoms with E-state index in [1.54, 1.807) is 16.7 Å². The Morgan fingerprint density at radius 1 is 1.23 bits per heavy atom. The Labute approximate surface area is 136 Å². The third-order valence-electron chi connectivity index (χ3n) is 3.92. The molecule has 0 saturated carbocycles. The standard InChI is InChI=1S/C18H24N2OS/c1-20(18(21)17(19)11-13-22-2)12-10-15-8-5-7-14-6-3-4-9-16(14)15/h3-9,17H,10-13,19H2,1-2H3/t17-/m0/s1. The lowest BCUT2D eigenvalue weighted by atomic mass is 10.0. The van der Waals surface area contributed by atoms with Gasteiger partial charge in [-0.2, -0.15) is 11.8 Å². The maximum absolute atomic E-state index is 12.2. The lowest BCUT2D eigenvalue weighted by Gasteiger charge is -2.21. The second-order valence-electron chi connectivity index (χ2n) is 5.54. The molecule has 2 N–H and O–H groups in total. The van der Waals surface area contributed by atoms with Crippen molar-refractivity contribution in [3.63, 3.8) is 0 Å². The molecule has 118 valence electrons. The predicted molar refractivity (Wildman–Crippen MR) is 96.3 cm³/mol. The third-order valence-corrected chi connectivity index (χ3v) is 4.57. The minimum absolute atomic E-state index is 0.0364. The minimum Gasteiger partial charge on any atom is -0.344 e. The van der Waals surface area contributed by atoms with Crippen LogP contribution >= 0.6 is 11.8 Å². The molecule has 1 atom stereocenters. The molecule has 0 aliphatic carbocycles. The summed E-state index contributed by atoms with van der Waals surface area (Å²) in [6, 6.07) is 14.3. The number of carbonyl (C=O) groups excluding carboxylic acids is 1. The van der Waals surface area contributed by atoms with Crippen molar-refractivity contribution in [2.75, 3.05) is 25.6 Å². The SMILES string of the molecule is CSCC[C@H](N)C(=O)N(C)CCc1cccc2ccccc12. The molecule has 0 unspecified atom stereocenters. The Kier molecular flexibility index (Phi) is 6.28. The number of nitrogens with zero attached hydrogens (tertiary/aromatic N) is 1. The molecule has 2 aromatic carbocycles. The zero-order valence-corrected chi connectivity index (χ0v) is 14.1. The van der Waals surface area contributed by atoms with E-state index in [-0.39, 0.29) is 11.9 Å². The highest BCUT2D eigenvalue weighted by atomic mass is 32.2. The van der Waals surface area contributed by atoms with Crippen LogP contribution in [0.2, 0.25) is 0 Å². The van der Waals surface area contributed by atoms with Crippen LogP contribution in [0.15, 0.2) is 42.5 Å². The van der Waals surface area contributed by atoms with E-state index in [2.05, 4.69) is 36.4 Å². The van der Waals surface area contributed by atoms with Gasteiger partial charge in [-0.15, -0.1) is 0 Å².